The Labute approximate surface area is 167 Å². The van der Waals surface area contributed by atoms with Crippen LogP contribution in [0.25, 0.3) is 0 Å². The Kier molecular flexibility index (Phi) is 8.08. The number of hydrogen-bond acceptors (Lipinski definition) is 4. The Bertz CT molecular complexity index is 777. The summed E-state index contributed by atoms with van der Waals surface area (Å²) in [6.45, 7) is 0.523. The lowest BCUT2D eigenvalue weighted by atomic mass is 10.1. The molecule has 12 heteroatoms. The van der Waals surface area contributed by atoms with E-state index < -0.39 is 15.5 Å². The van der Waals surface area contributed by atoms with Crippen LogP contribution in [0.15, 0.2) is 29.3 Å². The van der Waals surface area contributed by atoms with Crippen LogP contribution in [-0.4, -0.2) is 63.5 Å². The lowest BCUT2D eigenvalue weighted by molar-refractivity contribution is -0.0494. The van der Waals surface area contributed by atoms with Gasteiger partial charge in [-0.05, 0) is 43.5 Å². The second kappa shape index (κ2) is 10.1. The smallest absolute Gasteiger partial charge is 0.494 e. The second-order valence-corrected chi connectivity index (χ2v) is 8.35. The first kappa shape index (κ1) is 23.2. The summed E-state index contributed by atoms with van der Waals surface area (Å²) in [7, 11) is -3.71. The van der Waals surface area contributed by atoms with Crippen LogP contribution in [0.5, 0.6) is 5.75 Å². The Morgan fingerprint density at radius 2 is 1.86 bits per heavy atom. The number of halogens is 4. The molecule has 2 N–H and O–H groups in total. The predicted molar refractivity (Wildman–Crippen MR) is 101 cm³/mol. The highest BCUT2D eigenvalue weighted by molar-refractivity contribution is 7.90. The summed E-state index contributed by atoms with van der Waals surface area (Å²) in [6.07, 6.45) is 1.12. The van der Waals surface area contributed by atoms with E-state index in [1.807, 2.05) is 0 Å². The van der Waals surface area contributed by atoms with Crippen LogP contribution in [0.1, 0.15) is 19.3 Å². The third-order valence-corrected chi connectivity index (χ3v) is 5.98. The van der Waals surface area contributed by atoms with Gasteiger partial charge in [0.25, 0.3) is 0 Å². The number of piperidine rings is 1. The molecule has 0 unspecified atom stereocenters. The minimum Gasteiger partial charge on any atom is -0.494 e. The molecule has 164 valence electrons. The molecule has 0 bridgehead atoms. The largest absolute Gasteiger partial charge is 0.511 e. The van der Waals surface area contributed by atoms with Gasteiger partial charge >= 0.3 is 15.5 Å². The highest BCUT2D eigenvalue weighted by Crippen LogP contribution is 2.28. The van der Waals surface area contributed by atoms with Crippen molar-refractivity contribution in [3.05, 3.63) is 30.1 Å². The second-order valence-electron chi connectivity index (χ2n) is 6.42. The maximum atomic E-state index is 12.8. The van der Waals surface area contributed by atoms with Gasteiger partial charge in [-0.2, -0.15) is 17.5 Å². The minimum absolute atomic E-state index is 0.184. The van der Waals surface area contributed by atoms with Gasteiger partial charge in [-0.1, -0.05) is 0 Å². The average molecular weight is 440 g/mol. The first-order valence-electron chi connectivity index (χ1n) is 9.05. The first-order chi connectivity index (χ1) is 13.6. The van der Waals surface area contributed by atoms with E-state index in [4.69, 9.17) is 4.74 Å². The van der Waals surface area contributed by atoms with Crippen LogP contribution < -0.4 is 15.4 Å². The Morgan fingerprint density at radius 1 is 1.24 bits per heavy atom. The monoisotopic (exact) mass is 440 g/mol. The summed E-state index contributed by atoms with van der Waals surface area (Å²) in [4.78, 5) is 4.05. The molecule has 0 atom stereocenters. The molecule has 0 spiro atoms. The molecule has 0 saturated carbocycles. The van der Waals surface area contributed by atoms with Crippen molar-refractivity contribution in [3.8, 4) is 5.75 Å². The van der Waals surface area contributed by atoms with Crippen molar-refractivity contribution in [2.24, 2.45) is 4.99 Å². The van der Waals surface area contributed by atoms with Gasteiger partial charge in [0.2, 0.25) is 0 Å². The van der Waals surface area contributed by atoms with Gasteiger partial charge in [-0.3, -0.25) is 4.99 Å². The van der Waals surface area contributed by atoms with E-state index in [0.29, 0.717) is 35.6 Å². The normalized spacial score (nSPS) is 17.2. The molecule has 0 radical (unpaired) electrons. The molecule has 2 rings (SSSR count). The zero-order valence-electron chi connectivity index (χ0n) is 15.9. The Hall–Kier alpha value is -2.08. The van der Waals surface area contributed by atoms with Crippen LogP contribution in [0.2, 0.25) is 0 Å². The molecule has 1 aromatic carbocycles. The van der Waals surface area contributed by atoms with E-state index >= 15 is 0 Å². The fourth-order valence-electron chi connectivity index (χ4n) is 2.77. The van der Waals surface area contributed by atoms with Gasteiger partial charge in [-0.15, -0.1) is 0 Å². The Balaban J connectivity index is 1.68. The number of rotatable bonds is 7. The number of alkyl halides is 3. The van der Waals surface area contributed by atoms with Gasteiger partial charge < -0.3 is 15.4 Å². The zero-order valence-corrected chi connectivity index (χ0v) is 16.7. The molecular formula is C17H24F4N4O3S. The van der Waals surface area contributed by atoms with Crippen molar-refractivity contribution in [1.82, 2.24) is 14.9 Å². The fraction of sp³-hybridized carbons (Fsp3) is 0.588. The van der Waals surface area contributed by atoms with E-state index in [1.54, 1.807) is 7.05 Å². The van der Waals surface area contributed by atoms with Gasteiger partial charge in [0.1, 0.15) is 11.6 Å². The summed E-state index contributed by atoms with van der Waals surface area (Å²) >= 11 is 0. The molecule has 7 nitrogen and oxygen atoms in total. The number of guanidine groups is 1. The third-order valence-electron chi connectivity index (χ3n) is 4.35. The zero-order chi connectivity index (χ0) is 21.5. The van der Waals surface area contributed by atoms with Crippen LogP contribution in [0.3, 0.4) is 0 Å². The molecule has 0 aromatic heterocycles. The molecule has 1 aliphatic rings. The quantitative estimate of drug-likeness (QED) is 0.294. The number of benzene rings is 1. The van der Waals surface area contributed by atoms with E-state index in [0.717, 1.165) is 0 Å². The van der Waals surface area contributed by atoms with Crippen LogP contribution >= 0.6 is 0 Å². The lowest BCUT2D eigenvalue weighted by Gasteiger charge is -2.32. The molecule has 1 heterocycles. The molecule has 29 heavy (non-hydrogen) atoms. The molecule has 1 aromatic rings. The molecule has 0 aliphatic carbocycles. The summed E-state index contributed by atoms with van der Waals surface area (Å²) < 4.78 is 79.4. The van der Waals surface area contributed by atoms with Crippen molar-refractivity contribution >= 4 is 16.0 Å². The van der Waals surface area contributed by atoms with Crippen molar-refractivity contribution < 1.29 is 30.7 Å². The molecular weight excluding hydrogens is 416 g/mol. The van der Waals surface area contributed by atoms with Crippen molar-refractivity contribution in [1.29, 1.82) is 0 Å². The van der Waals surface area contributed by atoms with Gasteiger partial charge in [0.15, 0.2) is 5.96 Å². The molecule has 1 fully saturated rings. The number of sulfonamides is 1. The van der Waals surface area contributed by atoms with Crippen molar-refractivity contribution in [3.63, 3.8) is 0 Å². The summed E-state index contributed by atoms with van der Waals surface area (Å²) in [5, 5.41) is 6.15. The van der Waals surface area contributed by atoms with E-state index in [9.17, 15) is 26.0 Å². The number of ether oxygens (including phenoxy) is 1. The van der Waals surface area contributed by atoms with Crippen molar-refractivity contribution in [2.75, 3.05) is 33.3 Å². The average Bonchev–Trinajstić information content (AvgIpc) is 2.67. The van der Waals surface area contributed by atoms with E-state index in [1.165, 1.54) is 24.3 Å². The minimum atomic E-state index is -5.28. The summed E-state index contributed by atoms with van der Waals surface area (Å²) in [5.74, 6) is 0.703. The SMILES string of the molecule is CN=C(NCCCOc1ccc(F)cc1)NC1CCN(S(=O)(=O)C(F)(F)F)CC1. The lowest BCUT2D eigenvalue weighted by Crippen LogP contribution is -2.51. The van der Waals surface area contributed by atoms with Gasteiger partial charge in [0, 0.05) is 32.7 Å². The number of nitrogens with one attached hydrogen (secondary N) is 2. The van der Waals surface area contributed by atoms with Crippen LogP contribution in [0, 0.1) is 5.82 Å². The number of hydrogen-bond donors (Lipinski definition) is 2. The maximum Gasteiger partial charge on any atom is 0.511 e. The Morgan fingerprint density at radius 3 is 2.41 bits per heavy atom. The third kappa shape index (κ3) is 6.74. The maximum absolute atomic E-state index is 12.8. The first-order valence-corrected chi connectivity index (χ1v) is 10.5. The molecule has 0 amide bonds. The number of aliphatic imine (C=N–C) groups is 1. The highest BCUT2D eigenvalue weighted by Gasteiger charge is 2.50. The molecule has 1 aliphatic heterocycles. The topological polar surface area (TPSA) is 83.0 Å². The van der Waals surface area contributed by atoms with E-state index in [-0.39, 0.29) is 37.8 Å². The van der Waals surface area contributed by atoms with E-state index in [2.05, 4.69) is 15.6 Å². The number of nitrogens with zero attached hydrogens (tertiary/aromatic N) is 2. The summed E-state index contributed by atoms with van der Waals surface area (Å²) in [5.41, 5.74) is -5.28. The highest BCUT2D eigenvalue weighted by atomic mass is 32.2. The molecule has 1 saturated heterocycles. The van der Waals surface area contributed by atoms with Crippen molar-refractivity contribution in [2.45, 2.75) is 30.8 Å². The summed E-state index contributed by atoms with van der Waals surface area (Å²) in [6, 6.07) is 5.51. The fourth-order valence-corrected chi connectivity index (χ4v) is 3.76. The predicted octanol–water partition coefficient (Wildman–Crippen LogP) is 2.07. The van der Waals surface area contributed by atoms with Crippen LogP contribution in [-0.2, 0) is 10.0 Å². The van der Waals surface area contributed by atoms with Crippen LogP contribution in [0.4, 0.5) is 17.6 Å². The van der Waals surface area contributed by atoms with Gasteiger partial charge in [-0.25, -0.2) is 12.8 Å². The van der Waals surface area contributed by atoms with Gasteiger partial charge in [0.05, 0.1) is 6.61 Å². The standard InChI is InChI=1S/C17H24F4N4O3S/c1-22-16(23-9-2-12-28-15-5-3-13(18)4-6-15)24-14-7-10-25(11-8-14)29(26,27)17(19,20)21/h3-6,14H,2,7-12H2,1H3,(H2,22,23,24).